The Morgan fingerprint density at radius 1 is 1.25 bits per heavy atom. The molecule has 0 radical (unpaired) electrons. The summed E-state index contributed by atoms with van der Waals surface area (Å²) in [5.74, 6) is 1.19. The molecule has 0 saturated carbocycles. The number of hydrogen-bond acceptors (Lipinski definition) is 3. The Morgan fingerprint density at radius 3 is 2.55 bits per heavy atom. The van der Waals surface area contributed by atoms with Crippen molar-refractivity contribution in [2.24, 2.45) is 0 Å². The van der Waals surface area contributed by atoms with Gasteiger partial charge in [-0.3, -0.25) is 4.79 Å². The lowest BCUT2D eigenvalue weighted by Gasteiger charge is -2.08. The fourth-order valence-electron chi connectivity index (χ4n) is 1.89. The van der Waals surface area contributed by atoms with Crippen molar-refractivity contribution in [1.29, 1.82) is 0 Å². The molecule has 0 saturated heterocycles. The van der Waals surface area contributed by atoms with Gasteiger partial charge in [-0.05, 0) is 51.0 Å². The third kappa shape index (κ3) is 3.10. The first-order valence-electron chi connectivity index (χ1n) is 6.36. The van der Waals surface area contributed by atoms with Crippen molar-refractivity contribution in [3.05, 3.63) is 50.6 Å². The molecule has 0 aliphatic carbocycles. The standard InChI is InChI=1S/C15H17BrN2O2/c1-8-6-13(16)9(2)5-12(8)15(19)17-7-14-18-10(3)11(4)20-14/h5-6H,7H2,1-4H3,(H,17,19). The van der Waals surface area contributed by atoms with Crippen LogP contribution in [0.1, 0.15) is 38.8 Å². The Hall–Kier alpha value is -1.62. The number of amides is 1. The Labute approximate surface area is 126 Å². The van der Waals surface area contributed by atoms with E-state index in [-0.39, 0.29) is 5.91 Å². The zero-order valence-corrected chi connectivity index (χ0v) is 13.6. The first kappa shape index (κ1) is 14.8. The smallest absolute Gasteiger partial charge is 0.251 e. The second-order valence-corrected chi connectivity index (χ2v) is 5.70. The first-order valence-corrected chi connectivity index (χ1v) is 7.15. The topological polar surface area (TPSA) is 55.1 Å². The zero-order chi connectivity index (χ0) is 14.9. The van der Waals surface area contributed by atoms with Crippen LogP contribution in [0.15, 0.2) is 21.0 Å². The van der Waals surface area contributed by atoms with E-state index in [2.05, 4.69) is 26.2 Å². The Balaban J connectivity index is 2.11. The number of rotatable bonds is 3. The van der Waals surface area contributed by atoms with E-state index in [1.54, 1.807) is 0 Å². The molecule has 0 bridgehead atoms. The fourth-order valence-corrected chi connectivity index (χ4v) is 2.35. The summed E-state index contributed by atoms with van der Waals surface area (Å²) in [6.45, 7) is 7.91. The van der Waals surface area contributed by atoms with Gasteiger partial charge in [0.15, 0.2) is 0 Å². The third-order valence-electron chi connectivity index (χ3n) is 3.22. The molecule has 4 nitrogen and oxygen atoms in total. The molecule has 1 amide bonds. The summed E-state index contributed by atoms with van der Waals surface area (Å²) in [7, 11) is 0. The van der Waals surface area contributed by atoms with Crippen molar-refractivity contribution in [2.45, 2.75) is 34.2 Å². The molecule has 106 valence electrons. The van der Waals surface area contributed by atoms with Crippen molar-refractivity contribution < 1.29 is 9.21 Å². The normalized spacial score (nSPS) is 10.7. The maximum absolute atomic E-state index is 12.2. The zero-order valence-electron chi connectivity index (χ0n) is 12.0. The van der Waals surface area contributed by atoms with Gasteiger partial charge in [-0.15, -0.1) is 0 Å². The van der Waals surface area contributed by atoms with E-state index in [0.717, 1.165) is 27.1 Å². The van der Waals surface area contributed by atoms with Crippen molar-refractivity contribution in [1.82, 2.24) is 10.3 Å². The van der Waals surface area contributed by atoms with Crippen molar-refractivity contribution in [2.75, 3.05) is 0 Å². The minimum atomic E-state index is -0.119. The van der Waals surface area contributed by atoms with E-state index in [4.69, 9.17) is 4.42 Å². The van der Waals surface area contributed by atoms with Crippen LogP contribution in [-0.4, -0.2) is 10.9 Å². The van der Waals surface area contributed by atoms with Gasteiger partial charge in [0.1, 0.15) is 5.76 Å². The fraction of sp³-hybridized carbons (Fsp3) is 0.333. The highest BCUT2D eigenvalue weighted by Crippen LogP contribution is 2.21. The average molecular weight is 337 g/mol. The molecule has 5 heteroatoms. The van der Waals surface area contributed by atoms with E-state index < -0.39 is 0 Å². The summed E-state index contributed by atoms with van der Waals surface area (Å²) in [5, 5.41) is 2.83. The lowest BCUT2D eigenvalue weighted by Crippen LogP contribution is -2.24. The van der Waals surface area contributed by atoms with Crippen LogP contribution < -0.4 is 5.32 Å². The molecule has 20 heavy (non-hydrogen) atoms. The number of hydrogen-bond donors (Lipinski definition) is 1. The lowest BCUT2D eigenvalue weighted by atomic mass is 10.1. The molecular weight excluding hydrogens is 320 g/mol. The number of carbonyl (C=O) groups excluding carboxylic acids is 1. The molecule has 0 fully saturated rings. The number of nitrogens with zero attached hydrogens (tertiary/aromatic N) is 1. The van der Waals surface area contributed by atoms with Crippen molar-refractivity contribution >= 4 is 21.8 Å². The minimum absolute atomic E-state index is 0.119. The van der Waals surface area contributed by atoms with Crippen LogP contribution >= 0.6 is 15.9 Å². The van der Waals surface area contributed by atoms with Gasteiger partial charge in [0, 0.05) is 10.0 Å². The molecule has 2 aromatic rings. The number of benzene rings is 1. The maximum atomic E-state index is 12.2. The molecule has 0 aliphatic heterocycles. The van der Waals surface area contributed by atoms with Gasteiger partial charge in [0.25, 0.3) is 5.91 Å². The molecule has 2 rings (SSSR count). The van der Waals surface area contributed by atoms with Crippen LogP contribution in [-0.2, 0) is 6.54 Å². The molecule has 1 heterocycles. The third-order valence-corrected chi connectivity index (χ3v) is 4.08. The summed E-state index contributed by atoms with van der Waals surface area (Å²) in [6, 6.07) is 3.82. The van der Waals surface area contributed by atoms with Crippen LogP contribution in [0.3, 0.4) is 0 Å². The molecule has 1 N–H and O–H groups in total. The number of oxazole rings is 1. The van der Waals surface area contributed by atoms with Crippen LogP contribution in [0.5, 0.6) is 0 Å². The van der Waals surface area contributed by atoms with E-state index in [0.29, 0.717) is 18.0 Å². The highest BCUT2D eigenvalue weighted by molar-refractivity contribution is 9.10. The van der Waals surface area contributed by atoms with E-state index in [1.165, 1.54) is 0 Å². The van der Waals surface area contributed by atoms with Crippen LogP contribution in [0.2, 0.25) is 0 Å². The summed E-state index contributed by atoms with van der Waals surface area (Å²) >= 11 is 3.46. The molecule has 0 unspecified atom stereocenters. The van der Waals surface area contributed by atoms with Gasteiger partial charge in [-0.25, -0.2) is 4.98 Å². The summed E-state index contributed by atoms with van der Waals surface area (Å²) in [6.07, 6.45) is 0. The highest BCUT2D eigenvalue weighted by Gasteiger charge is 2.12. The minimum Gasteiger partial charge on any atom is -0.444 e. The van der Waals surface area contributed by atoms with E-state index in [1.807, 2.05) is 39.8 Å². The second kappa shape index (κ2) is 5.79. The number of nitrogens with one attached hydrogen (secondary N) is 1. The predicted molar refractivity (Wildman–Crippen MR) is 80.8 cm³/mol. The highest BCUT2D eigenvalue weighted by atomic mass is 79.9. The van der Waals surface area contributed by atoms with Crippen molar-refractivity contribution in [3.8, 4) is 0 Å². The largest absolute Gasteiger partial charge is 0.444 e. The van der Waals surface area contributed by atoms with Gasteiger partial charge in [-0.1, -0.05) is 15.9 Å². The maximum Gasteiger partial charge on any atom is 0.251 e. The van der Waals surface area contributed by atoms with Gasteiger partial charge in [0.2, 0.25) is 5.89 Å². The number of aromatic nitrogens is 1. The summed E-state index contributed by atoms with van der Waals surface area (Å²) < 4.78 is 6.45. The lowest BCUT2D eigenvalue weighted by molar-refractivity contribution is 0.0946. The summed E-state index contributed by atoms with van der Waals surface area (Å²) in [4.78, 5) is 16.4. The first-order chi connectivity index (χ1) is 9.38. The van der Waals surface area contributed by atoms with E-state index >= 15 is 0 Å². The molecule has 1 aromatic carbocycles. The van der Waals surface area contributed by atoms with Gasteiger partial charge < -0.3 is 9.73 Å². The van der Waals surface area contributed by atoms with Crippen LogP contribution in [0.25, 0.3) is 0 Å². The quantitative estimate of drug-likeness (QED) is 0.931. The predicted octanol–water partition coefficient (Wildman–Crippen LogP) is 3.60. The van der Waals surface area contributed by atoms with Gasteiger partial charge >= 0.3 is 0 Å². The van der Waals surface area contributed by atoms with Crippen LogP contribution in [0.4, 0.5) is 0 Å². The Kier molecular flexibility index (Phi) is 4.28. The average Bonchev–Trinajstić information content (AvgIpc) is 2.70. The van der Waals surface area contributed by atoms with Crippen molar-refractivity contribution in [3.63, 3.8) is 0 Å². The van der Waals surface area contributed by atoms with Crippen LogP contribution in [0, 0.1) is 27.7 Å². The van der Waals surface area contributed by atoms with Gasteiger partial charge in [-0.2, -0.15) is 0 Å². The number of halogens is 1. The SMILES string of the molecule is Cc1cc(C(=O)NCc2nc(C)c(C)o2)c(C)cc1Br. The monoisotopic (exact) mass is 336 g/mol. The summed E-state index contributed by atoms with van der Waals surface area (Å²) in [5.41, 5.74) is 3.49. The molecule has 1 aromatic heterocycles. The molecular formula is C15H17BrN2O2. The number of carbonyl (C=O) groups is 1. The van der Waals surface area contributed by atoms with Gasteiger partial charge in [0.05, 0.1) is 12.2 Å². The molecule has 0 spiro atoms. The molecule has 0 atom stereocenters. The second-order valence-electron chi connectivity index (χ2n) is 4.85. The Bertz CT molecular complexity index is 643. The number of aryl methyl sites for hydroxylation is 4. The Morgan fingerprint density at radius 2 is 1.95 bits per heavy atom. The van der Waals surface area contributed by atoms with E-state index in [9.17, 15) is 4.79 Å². The molecule has 0 aliphatic rings.